The number of aromatic amines is 1. The molecule has 1 aromatic carbocycles. The number of amides is 1. The number of benzene rings is 1. The van der Waals surface area contributed by atoms with Crippen LogP contribution in [0.15, 0.2) is 36.5 Å². The van der Waals surface area contributed by atoms with Crippen molar-refractivity contribution in [2.45, 2.75) is 27.3 Å². The third-order valence-corrected chi connectivity index (χ3v) is 4.56. The highest BCUT2D eigenvalue weighted by Crippen LogP contribution is 2.19. The summed E-state index contributed by atoms with van der Waals surface area (Å²) in [4.78, 5) is 27.7. The van der Waals surface area contributed by atoms with Crippen molar-refractivity contribution in [2.75, 3.05) is 13.7 Å². The minimum absolute atomic E-state index is 0.258. The van der Waals surface area contributed by atoms with Gasteiger partial charge < -0.3 is 19.8 Å². The number of rotatable bonds is 7. The van der Waals surface area contributed by atoms with Crippen molar-refractivity contribution in [3.05, 3.63) is 64.7 Å². The Balaban J connectivity index is 1.68. The molecule has 1 amide bonds. The summed E-state index contributed by atoms with van der Waals surface area (Å²) in [6.07, 6.45) is 1.83. The first-order chi connectivity index (χ1) is 13.9. The molecule has 0 spiro atoms. The maximum Gasteiger partial charge on any atom is 0.340 e. The Morgan fingerprint density at radius 2 is 1.90 bits per heavy atom. The van der Waals surface area contributed by atoms with Gasteiger partial charge in [-0.05, 0) is 56.7 Å². The molecule has 3 rings (SSSR count). The number of nitrogens with zero attached hydrogens (tertiary/aromatic N) is 2. The zero-order valence-electron chi connectivity index (χ0n) is 16.9. The first kappa shape index (κ1) is 20.2. The van der Waals surface area contributed by atoms with E-state index in [0.29, 0.717) is 28.2 Å². The molecule has 0 unspecified atom stereocenters. The maximum atomic E-state index is 12.6. The highest BCUT2D eigenvalue weighted by Gasteiger charge is 2.22. The third-order valence-electron chi connectivity index (χ3n) is 4.56. The SMILES string of the molecule is CCOC(=O)c1c(C)[nH]c(C(=O)NCc2ccn(-c3ccc(OC)cc3)n2)c1C. The van der Waals surface area contributed by atoms with Gasteiger partial charge in [-0.25, -0.2) is 9.48 Å². The van der Waals surface area contributed by atoms with Crippen LogP contribution in [-0.4, -0.2) is 40.4 Å². The summed E-state index contributed by atoms with van der Waals surface area (Å²) in [6, 6.07) is 9.35. The second kappa shape index (κ2) is 8.64. The van der Waals surface area contributed by atoms with E-state index in [0.717, 1.165) is 11.4 Å². The van der Waals surface area contributed by atoms with Crippen molar-refractivity contribution >= 4 is 11.9 Å². The number of carbonyl (C=O) groups excluding carboxylic acids is 2. The summed E-state index contributed by atoms with van der Waals surface area (Å²) in [5, 5.41) is 7.31. The van der Waals surface area contributed by atoms with Crippen molar-refractivity contribution in [1.29, 1.82) is 0 Å². The fourth-order valence-electron chi connectivity index (χ4n) is 3.08. The van der Waals surface area contributed by atoms with E-state index in [1.165, 1.54) is 0 Å². The predicted molar refractivity (Wildman–Crippen MR) is 108 cm³/mol. The fourth-order valence-corrected chi connectivity index (χ4v) is 3.08. The average molecular weight is 396 g/mol. The van der Waals surface area contributed by atoms with Crippen LogP contribution in [0.3, 0.4) is 0 Å². The van der Waals surface area contributed by atoms with Crippen LogP contribution in [0.25, 0.3) is 5.69 Å². The highest BCUT2D eigenvalue weighted by molar-refractivity contribution is 6.00. The van der Waals surface area contributed by atoms with Gasteiger partial charge in [-0.15, -0.1) is 0 Å². The number of methoxy groups -OCH3 is 1. The summed E-state index contributed by atoms with van der Waals surface area (Å²) < 4.78 is 11.9. The fraction of sp³-hybridized carbons (Fsp3) is 0.286. The standard InChI is InChI=1S/C21H24N4O4/c1-5-29-21(27)18-13(2)19(23-14(18)3)20(26)22-12-15-10-11-25(24-15)16-6-8-17(28-4)9-7-16/h6-11,23H,5,12H2,1-4H3,(H,22,26). The molecule has 0 aliphatic carbocycles. The lowest BCUT2D eigenvalue weighted by Gasteiger charge is -2.05. The summed E-state index contributed by atoms with van der Waals surface area (Å²) in [5.74, 6) is 0.0309. The molecule has 2 N–H and O–H groups in total. The highest BCUT2D eigenvalue weighted by atomic mass is 16.5. The second-order valence-corrected chi connectivity index (χ2v) is 6.48. The van der Waals surface area contributed by atoms with Gasteiger partial charge in [-0.1, -0.05) is 0 Å². The molecule has 2 heterocycles. The van der Waals surface area contributed by atoms with E-state index in [4.69, 9.17) is 9.47 Å². The van der Waals surface area contributed by atoms with Crippen molar-refractivity contribution in [2.24, 2.45) is 0 Å². The zero-order valence-corrected chi connectivity index (χ0v) is 16.9. The van der Waals surface area contributed by atoms with E-state index in [1.807, 2.05) is 36.5 Å². The van der Waals surface area contributed by atoms with E-state index in [2.05, 4.69) is 15.4 Å². The predicted octanol–water partition coefficient (Wildman–Crippen LogP) is 2.93. The first-order valence-electron chi connectivity index (χ1n) is 9.28. The molecular formula is C21H24N4O4. The molecule has 0 bridgehead atoms. The van der Waals surface area contributed by atoms with Crippen LogP contribution < -0.4 is 10.1 Å². The van der Waals surface area contributed by atoms with Crippen molar-refractivity contribution in [1.82, 2.24) is 20.1 Å². The molecular weight excluding hydrogens is 372 g/mol. The van der Waals surface area contributed by atoms with E-state index in [9.17, 15) is 9.59 Å². The van der Waals surface area contributed by atoms with Crippen molar-refractivity contribution in [3.63, 3.8) is 0 Å². The molecule has 152 valence electrons. The molecule has 3 aromatic rings. The number of hydrogen-bond donors (Lipinski definition) is 2. The number of aryl methyl sites for hydroxylation is 1. The minimum Gasteiger partial charge on any atom is -0.497 e. The Morgan fingerprint density at radius 1 is 1.17 bits per heavy atom. The summed E-state index contributed by atoms with van der Waals surface area (Å²) in [6.45, 7) is 5.75. The average Bonchev–Trinajstić information content (AvgIpc) is 3.30. The lowest BCUT2D eigenvalue weighted by molar-refractivity contribution is 0.0525. The molecule has 0 saturated carbocycles. The van der Waals surface area contributed by atoms with E-state index in [1.54, 1.807) is 32.6 Å². The molecule has 8 heteroatoms. The molecule has 0 radical (unpaired) electrons. The quantitative estimate of drug-likeness (QED) is 0.599. The lowest BCUT2D eigenvalue weighted by Crippen LogP contribution is -2.24. The monoisotopic (exact) mass is 396 g/mol. The van der Waals surface area contributed by atoms with Crippen LogP contribution in [0.4, 0.5) is 0 Å². The number of nitrogens with one attached hydrogen (secondary N) is 2. The largest absolute Gasteiger partial charge is 0.497 e. The lowest BCUT2D eigenvalue weighted by atomic mass is 10.1. The van der Waals surface area contributed by atoms with Gasteiger partial charge in [0.15, 0.2) is 0 Å². The van der Waals surface area contributed by atoms with Gasteiger partial charge in [0.1, 0.15) is 11.4 Å². The van der Waals surface area contributed by atoms with Gasteiger partial charge >= 0.3 is 5.97 Å². The van der Waals surface area contributed by atoms with Crippen molar-refractivity contribution in [3.8, 4) is 11.4 Å². The summed E-state index contributed by atoms with van der Waals surface area (Å²) >= 11 is 0. The minimum atomic E-state index is -0.434. The molecule has 0 aliphatic heterocycles. The van der Waals surface area contributed by atoms with Gasteiger partial charge in [0.25, 0.3) is 5.91 Å². The van der Waals surface area contributed by atoms with Crippen molar-refractivity contribution < 1.29 is 19.1 Å². The molecule has 0 saturated heterocycles. The van der Waals surface area contributed by atoms with Gasteiger partial charge in [0.05, 0.1) is 37.2 Å². The van der Waals surface area contributed by atoms with Gasteiger partial charge in [-0.3, -0.25) is 4.79 Å². The number of H-pyrrole nitrogens is 1. The molecule has 0 aliphatic rings. The second-order valence-electron chi connectivity index (χ2n) is 6.48. The summed E-state index contributed by atoms with van der Waals surface area (Å²) in [5.41, 5.74) is 3.53. The van der Waals surface area contributed by atoms with Crippen LogP contribution in [0, 0.1) is 13.8 Å². The Kier molecular flexibility index (Phi) is 6.01. The Labute approximate surface area is 168 Å². The molecule has 29 heavy (non-hydrogen) atoms. The number of esters is 1. The first-order valence-corrected chi connectivity index (χ1v) is 9.28. The number of aromatic nitrogens is 3. The molecule has 2 aromatic heterocycles. The van der Waals surface area contributed by atoms with Crippen LogP contribution in [0.2, 0.25) is 0 Å². The number of ether oxygens (including phenoxy) is 2. The third kappa shape index (κ3) is 4.31. The number of hydrogen-bond acceptors (Lipinski definition) is 5. The van der Waals surface area contributed by atoms with Crippen LogP contribution >= 0.6 is 0 Å². The zero-order chi connectivity index (χ0) is 21.0. The Morgan fingerprint density at radius 3 is 2.55 bits per heavy atom. The van der Waals surface area contributed by atoms with Crippen LogP contribution in [0.5, 0.6) is 5.75 Å². The van der Waals surface area contributed by atoms with E-state index < -0.39 is 5.97 Å². The summed E-state index contributed by atoms with van der Waals surface area (Å²) in [7, 11) is 1.62. The van der Waals surface area contributed by atoms with Crippen LogP contribution in [0.1, 0.15) is 44.7 Å². The maximum absolute atomic E-state index is 12.6. The van der Waals surface area contributed by atoms with Gasteiger partial charge in [0, 0.05) is 11.9 Å². The smallest absolute Gasteiger partial charge is 0.340 e. The number of carbonyl (C=O) groups is 2. The molecule has 0 fully saturated rings. The van der Waals surface area contributed by atoms with Gasteiger partial charge in [-0.2, -0.15) is 5.10 Å². The Hall–Kier alpha value is -3.55. The topological polar surface area (TPSA) is 98.2 Å². The van der Waals surface area contributed by atoms with Crippen LogP contribution in [-0.2, 0) is 11.3 Å². The van der Waals surface area contributed by atoms with Gasteiger partial charge in [0.2, 0.25) is 0 Å². The molecule has 8 nitrogen and oxygen atoms in total. The molecule has 0 atom stereocenters. The Bertz CT molecular complexity index is 1020. The van der Waals surface area contributed by atoms with E-state index >= 15 is 0 Å². The van der Waals surface area contributed by atoms with E-state index in [-0.39, 0.29) is 19.1 Å². The normalized spacial score (nSPS) is 10.6.